The molecule has 1 aliphatic rings. The largest absolute Gasteiger partial charge is 0.299 e. The van der Waals surface area contributed by atoms with Gasteiger partial charge in [-0.2, -0.15) is 0 Å². The molecule has 0 saturated heterocycles. The zero-order chi connectivity index (χ0) is 13.0. The van der Waals surface area contributed by atoms with Gasteiger partial charge in [0.2, 0.25) is 0 Å². The van der Waals surface area contributed by atoms with Gasteiger partial charge >= 0.3 is 0 Å². The van der Waals surface area contributed by atoms with Crippen molar-refractivity contribution >= 4 is 17.6 Å². The van der Waals surface area contributed by atoms with Crippen molar-refractivity contribution in [2.75, 3.05) is 0 Å². The van der Waals surface area contributed by atoms with E-state index in [1.54, 1.807) is 0 Å². The molecular weight excluding hydrogens is 224 g/mol. The van der Waals surface area contributed by atoms with Gasteiger partial charge in [0.15, 0.2) is 0 Å². The van der Waals surface area contributed by atoms with Gasteiger partial charge in [-0.3, -0.25) is 9.59 Å². The van der Waals surface area contributed by atoms with Gasteiger partial charge in [-0.15, -0.1) is 0 Å². The number of Topliss-reactive ketones (excluding diaryl/α,β-unsaturated/α-hetero) is 2. The Morgan fingerprint density at radius 1 is 1.22 bits per heavy atom. The van der Waals surface area contributed by atoms with Crippen molar-refractivity contribution in [1.82, 2.24) is 0 Å². The van der Waals surface area contributed by atoms with Crippen LogP contribution in [0.15, 0.2) is 36.4 Å². The lowest BCUT2D eigenvalue weighted by Crippen LogP contribution is -2.34. The molecule has 1 aromatic rings. The Morgan fingerprint density at radius 3 is 2.61 bits per heavy atom. The number of allylic oxidation sites excluding steroid dienone is 1. The summed E-state index contributed by atoms with van der Waals surface area (Å²) in [6.45, 7) is 1.97. The van der Waals surface area contributed by atoms with E-state index in [1.807, 2.05) is 49.4 Å². The van der Waals surface area contributed by atoms with E-state index in [-0.39, 0.29) is 23.4 Å². The van der Waals surface area contributed by atoms with Gasteiger partial charge in [0.1, 0.15) is 11.6 Å². The standard InChI is InChI=1S/C16H18O2/c1-16(11-9-14(17)12-15(16)18)10-5-8-13-6-3-2-4-7-13/h2-8H,9-12H2,1H3/b8-5+. The summed E-state index contributed by atoms with van der Waals surface area (Å²) in [7, 11) is 0. The molecule has 1 fully saturated rings. The molecule has 18 heavy (non-hydrogen) atoms. The molecule has 1 saturated carbocycles. The molecule has 0 spiro atoms. The minimum absolute atomic E-state index is 0.0875. The normalized spacial score (nSPS) is 24.7. The molecule has 0 heterocycles. The number of hydrogen-bond donors (Lipinski definition) is 0. The van der Waals surface area contributed by atoms with E-state index in [2.05, 4.69) is 0 Å². The van der Waals surface area contributed by atoms with E-state index in [0.717, 1.165) is 5.56 Å². The first-order chi connectivity index (χ1) is 8.60. The lowest BCUT2D eigenvalue weighted by atomic mass is 9.72. The van der Waals surface area contributed by atoms with E-state index >= 15 is 0 Å². The van der Waals surface area contributed by atoms with Crippen LogP contribution < -0.4 is 0 Å². The van der Waals surface area contributed by atoms with Crippen LogP contribution in [0.2, 0.25) is 0 Å². The lowest BCUT2D eigenvalue weighted by Gasteiger charge is -2.30. The Bertz CT molecular complexity index is 473. The van der Waals surface area contributed by atoms with Crippen molar-refractivity contribution in [2.45, 2.75) is 32.6 Å². The average Bonchev–Trinajstić information content (AvgIpc) is 2.36. The van der Waals surface area contributed by atoms with Crippen LogP contribution in [0.25, 0.3) is 6.08 Å². The van der Waals surface area contributed by atoms with Crippen LogP contribution in [-0.2, 0) is 9.59 Å². The molecule has 1 unspecified atom stereocenters. The van der Waals surface area contributed by atoms with Crippen LogP contribution in [-0.4, -0.2) is 11.6 Å². The van der Waals surface area contributed by atoms with E-state index < -0.39 is 0 Å². The molecule has 94 valence electrons. The van der Waals surface area contributed by atoms with Crippen molar-refractivity contribution in [1.29, 1.82) is 0 Å². The molecule has 1 atom stereocenters. The van der Waals surface area contributed by atoms with Crippen LogP contribution in [0.4, 0.5) is 0 Å². The molecule has 2 heteroatoms. The highest BCUT2D eigenvalue weighted by molar-refractivity contribution is 6.04. The summed E-state index contributed by atoms with van der Waals surface area (Å²) in [5, 5.41) is 0. The Morgan fingerprint density at radius 2 is 1.94 bits per heavy atom. The molecule has 2 rings (SSSR count). The number of rotatable bonds is 3. The molecule has 0 bridgehead atoms. The van der Waals surface area contributed by atoms with Crippen LogP contribution >= 0.6 is 0 Å². The summed E-state index contributed by atoms with van der Waals surface area (Å²) >= 11 is 0. The first-order valence-electron chi connectivity index (χ1n) is 6.37. The molecule has 0 aromatic heterocycles. The Balaban J connectivity index is 1.99. The third-order valence-electron chi connectivity index (χ3n) is 3.66. The maximum absolute atomic E-state index is 11.9. The lowest BCUT2D eigenvalue weighted by molar-refractivity contribution is -0.137. The molecule has 0 amide bonds. The molecule has 1 aliphatic carbocycles. The fourth-order valence-electron chi connectivity index (χ4n) is 2.27. The van der Waals surface area contributed by atoms with Gasteiger partial charge < -0.3 is 0 Å². The monoisotopic (exact) mass is 242 g/mol. The average molecular weight is 242 g/mol. The fraction of sp³-hybridized carbons (Fsp3) is 0.375. The van der Waals surface area contributed by atoms with Crippen LogP contribution in [0.3, 0.4) is 0 Å². The van der Waals surface area contributed by atoms with Gasteiger partial charge in [-0.25, -0.2) is 0 Å². The van der Waals surface area contributed by atoms with Crippen molar-refractivity contribution in [3.05, 3.63) is 42.0 Å². The van der Waals surface area contributed by atoms with Crippen LogP contribution in [0.1, 0.15) is 38.2 Å². The SMILES string of the molecule is CC1(C/C=C/c2ccccc2)CCC(=O)CC1=O. The number of carbonyl (C=O) groups excluding carboxylic acids is 2. The predicted octanol–water partition coefficient (Wildman–Crippen LogP) is 3.42. The molecule has 1 aromatic carbocycles. The van der Waals surface area contributed by atoms with Crippen molar-refractivity contribution < 1.29 is 9.59 Å². The summed E-state index contributed by atoms with van der Waals surface area (Å²) in [6, 6.07) is 10.0. The van der Waals surface area contributed by atoms with Gasteiger partial charge in [-0.1, -0.05) is 49.4 Å². The van der Waals surface area contributed by atoms with E-state index in [9.17, 15) is 9.59 Å². The van der Waals surface area contributed by atoms with Crippen LogP contribution in [0.5, 0.6) is 0 Å². The molecule has 0 radical (unpaired) electrons. The Labute approximate surface area is 108 Å². The third-order valence-corrected chi connectivity index (χ3v) is 3.66. The highest BCUT2D eigenvalue weighted by Crippen LogP contribution is 2.35. The van der Waals surface area contributed by atoms with Crippen LogP contribution in [0, 0.1) is 5.41 Å². The Kier molecular flexibility index (Phi) is 3.75. The maximum atomic E-state index is 11.9. The number of hydrogen-bond acceptors (Lipinski definition) is 2. The van der Waals surface area contributed by atoms with Crippen molar-refractivity contribution in [3.8, 4) is 0 Å². The number of carbonyl (C=O) groups is 2. The van der Waals surface area contributed by atoms with Gasteiger partial charge in [0.25, 0.3) is 0 Å². The molecule has 0 aliphatic heterocycles. The summed E-state index contributed by atoms with van der Waals surface area (Å²) in [5.41, 5.74) is 0.791. The van der Waals surface area contributed by atoms with Gasteiger partial charge in [0.05, 0.1) is 6.42 Å². The van der Waals surface area contributed by atoms with Crippen molar-refractivity contribution in [2.24, 2.45) is 5.41 Å². The first kappa shape index (κ1) is 12.7. The summed E-state index contributed by atoms with van der Waals surface area (Å²) in [4.78, 5) is 23.1. The minimum atomic E-state index is -0.348. The highest BCUT2D eigenvalue weighted by atomic mass is 16.1. The summed E-state index contributed by atoms with van der Waals surface area (Å²) in [5.74, 6) is 0.181. The third kappa shape index (κ3) is 2.95. The molecule has 2 nitrogen and oxygen atoms in total. The predicted molar refractivity (Wildman–Crippen MR) is 72.1 cm³/mol. The smallest absolute Gasteiger partial charge is 0.146 e. The molecular formula is C16H18O2. The second-order valence-electron chi connectivity index (χ2n) is 5.22. The minimum Gasteiger partial charge on any atom is -0.299 e. The zero-order valence-corrected chi connectivity index (χ0v) is 10.7. The first-order valence-corrected chi connectivity index (χ1v) is 6.37. The number of benzene rings is 1. The maximum Gasteiger partial charge on any atom is 0.146 e. The second kappa shape index (κ2) is 5.30. The van der Waals surface area contributed by atoms with Gasteiger partial charge in [0, 0.05) is 11.8 Å². The van der Waals surface area contributed by atoms with Gasteiger partial charge in [-0.05, 0) is 18.4 Å². The summed E-state index contributed by atoms with van der Waals surface area (Å²) in [6.07, 6.45) is 6.15. The van der Waals surface area contributed by atoms with E-state index in [4.69, 9.17) is 0 Å². The quantitative estimate of drug-likeness (QED) is 0.761. The highest BCUT2D eigenvalue weighted by Gasteiger charge is 2.36. The fourth-order valence-corrected chi connectivity index (χ4v) is 2.27. The zero-order valence-electron chi connectivity index (χ0n) is 10.7. The van der Waals surface area contributed by atoms with E-state index in [0.29, 0.717) is 19.3 Å². The number of ketones is 2. The summed E-state index contributed by atoms with van der Waals surface area (Å²) < 4.78 is 0. The van der Waals surface area contributed by atoms with Crippen molar-refractivity contribution in [3.63, 3.8) is 0 Å². The van der Waals surface area contributed by atoms with E-state index in [1.165, 1.54) is 0 Å². The molecule has 0 N–H and O–H groups in total. The topological polar surface area (TPSA) is 34.1 Å². The second-order valence-corrected chi connectivity index (χ2v) is 5.22. The Hall–Kier alpha value is -1.70.